The van der Waals surface area contributed by atoms with E-state index in [1.165, 1.54) is 0 Å². The first-order valence-corrected chi connectivity index (χ1v) is 2.43. The highest BCUT2D eigenvalue weighted by Gasteiger charge is 1.80. The largest absolute Gasteiger partial charge is 0.497 e. The molecule has 0 fully saturated rings. The van der Waals surface area contributed by atoms with Crippen molar-refractivity contribution >= 4 is 12.4 Å². The first-order valence-electron chi connectivity index (χ1n) is 2.43. The monoisotopic (exact) mass is 143 g/mol. The van der Waals surface area contributed by atoms with Crippen LogP contribution < -0.4 is 4.74 Å². The van der Waals surface area contributed by atoms with Crippen LogP contribution in [0.15, 0.2) is 24.3 Å². The van der Waals surface area contributed by atoms with Gasteiger partial charge in [-0.15, -0.1) is 12.4 Å². The number of hydrogen-bond donors (Lipinski definition) is 0. The molecule has 1 nitrogen and oxygen atoms in total. The summed E-state index contributed by atoms with van der Waals surface area (Å²) in [7, 11) is 1.64. The van der Waals surface area contributed by atoms with Crippen molar-refractivity contribution in [3.05, 3.63) is 30.3 Å². The van der Waals surface area contributed by atoms with Crippen LogP contribution in [0.4, 0.5) is 0 Å². The highest BCUT2D eigenvalue weighted by atomic mass is 35.5. The maximum absolute atomic E-state index is 4.88. The van der Waals surface area contributed by atoms with Gasteiger partial charge in [0, 0.05) is 0 Å². The van der Waals surface area contributed by atoms with Gasteiger partial charge in [0.1, 0.15) is 5.75 Å². The quantitative estimate of drug-likeness (QED) is 0.584. The molecular weight excluding hydrogens is 136 g/mol. The van der Waals surface area contributed by atoms with Gasteiger partial charge >= 0.3 is 0 Å². The molecule has 9 heavy (non-hydrogen) atoms. The minimum absolute atomic E-state index is 0. The summed E-state index contributed by atoms with van der Waals surface area (Å²) in [6.45, 7) is 0. The molecule has 0 saturated heterocycles. The third-order valence-corrected chi connectivity index (χ3v) is 0.914. The van der Waals surface area contributed by atoms with Gasteiger partial charge in [0.2, 0.25) is 0 Å². The van der Waals surface area contributed by atoms with Crippen LogP contribution in [0.1, 0.15) is 0 Å². The van der Waals surface area contributed by atoms with E-state index in [-0.39, 0.29) is 12.4 Å². The Labute approximate surface area is 61.1 Å². The predicted molar refractivity (Wildman–Crippen MR) is 39.1 cm³/mol. The molecule has 1 rings (SSSR count). The van der Waals surface area contributed by atoms with E-state index in [1.807, 2.05) is 18.2 Å². The first-order chi connectivity index (χ1) is 3.93. The molecule has 0 amide bonds. The molecule has 1 radical (unpaired) electrons. The second-order valence-electron chi connectivity index (χ2n) is 1.44. The zero-order valence-corrected chi connectivity index (χ0v) is 5.94. The maximum Gasteiger partial charge on any atom is 0.119 e. The Balaban J connectivity index is 0.000000640. The van der Waals surface area contributed by atoms with Gasteiger partial charge < -0.3 is 4.74 Å². The van der Waals surface area contributed by atoms with Crippen LogP contribution in [0.5, 0.6) is 5.75 Å². The summed E-state index contributed by atoms with van der Waals surface area (Å²) in [6.07, 6.45) is 0. The Kier molecular flexibility index (Phi) is 3.89. The van der Waals surface area contributed by atoms with Crippen LogP contribution in [-0.2, 0) is 0 Å². The van der Waals surface area contributed by atoms with Gasteiger partial charge in [-0.1, -0.05) is 12.1 Å². The van der Waals surface area contributed by atoms with Crippen molar-refractivity contribution in [1.29, 1.82) is 0 Å². The summed E-state index contributed by atoms with van der Waals surface area (Å²) in [4.78, 5) is 0. The van der Waals surface area contributed by atoms with Gasteiger partial charge in [-0.2, -0.15) is 0 Å². The summed E-state index contributed by atoms with van der Waals surface area (Å²) < 4.78 is 4.88. The van der Waals surface area contributed by atoms with Crippen molar-refractivity contribution in [3.63, 3.8) is 0 Å². The second kappa shape index (κ2) is 4.21. The Hall–Kier alpha value is -0.690. The molecule has 1 aromatic rings. The summed E-state index contributed by atoms with van der Waals surface area (Å²) >= 11 is 0. The van der Waals surface area contributed by atoms with E-state index < -0.39 is 0 Å². The van der Waals surface area contributed by atoms with Crippen molar-refractivity contribution < 1.29 is 4.74 Å². The van der Waals surface area contributed by atoms with Gasteiger partial charge in [-0.3, -0.25) is 0 Å². The predicted octanol–water partition coefficient (Wildman–Crippen LogP) is 1.92. The van der Waals surface area contributed by atoms with Crippen molar-refractivity contribution in [2.45, 2.75) is 0 Å². The first kappa shape index (κ1) is 8.31. The molecule has 2 heteroatoms. The van der Waals surface area contributed by atoms with Crippen LogP contribution in [0, 0.1) is 6.07 Å². The molecule has 0 atom stereocenters. The minimum Gasteiger partial charge on any atom is -0.497 e. The summed E-state index contributed by atoms with van der Waals surface area (Å²) in [5, 5.41) is 0. The Bertz CT molecular complexity index is 150. The van der Waals surface area contributed by atoms with Gasteiger partial charge in [0.25, 0.3) is 0 Å². The van der Waals surface area contributed by atoms with Gasteiger partial charge in [0.05, 0.1) is 7.11 Å². The standard InChI is InChI=1S/C7H7O.ClH/c1-8-7-5-3-2-4-6-7;/h2-3,5-6H,1H3;1H. The molecule has 49 valence electrons. The number of benzene rings is 1. The van der Waals surface area contributed by atoms with Gasteiger partial charge in [-0.25, -0.2) is 0 Å². The lowest BCUT2D eigenvalue weighted by Gasteiger charge is -1.93. The van der Waals surface area contributed by atoms with E-state index in [4.69, 9.17) is 4.74 Å². The number of hydrogen-bond acceptors (Lipinski definition) is 1. The zero-order chi connectivity index (χ0) is 5.82. The molecule has 0 aliphatic rings. The van der Waals surface area contributed by atoms with Crippen molar-refractivity contribution in [2.24, 2.45) is 0 Å². The molecule has 0 unspecified atom stereocenters. The SMILES string of the molecule is COc1c[c]ccc1.Cl. The smallest absolute Gasteiger partial charge is 0.119 e. The highest BCUT2D eigenvalue weighted by molar-refractivity contribution is 5.85. The summed E-state index contributed by atoms with van der Waals surface area (Å²) in [5.74, 6) is 0.854. The zero-order valence-electron chi connectivity index (χ0n) is 5.13. The Morgan fingerprint density at radius 2 is 2.33 bits per heavy atom. The van der Waals surface area contributed by atoms with Crippen LogP contribution in [0.2, 0.25) is 0 Å². The molecule has 0 bridgehead atoms. The number of ether oxygens (including phenoxy) is 1. The van der Waals surface area contributed by atoms with E-state index in [0.717, 1.165) is 5.75 Å². The van der Waals surface area contributed by atoms with Crippen molar-refractivity contribution in [3.8, 4) is 5.75 Å². The fraction of sp³-hybridized carbons (Fsp3) is 0.143. The fourth-order valence-corrected chi connectivity index (χ4v) is 0.504. The molecule has 0 spiro atoms. The third-order valence-electron chi connectivity index (χ3n) is 0.914. The van der Waals surface area contributed by atoms with E-state index in [0.29, 0.717) is 0 Å². The van der Waals surface area contributed by atoms with E-state index in [2.05, 4.69) is 6.07 Å². The van der Waals surface area contributed by atoms with Crippen molar-refractivity contribution in [1.82, 2.24) is 0 Å². The van der Waals surface area contributed by atoms with E-state index in [9.17, 15) is 0 Å². The average Bonchev–Trinajstić information content (AvgIpc) is 1.90. The second-order valence-corrected chi connectivity index (χ2v) is 1.44. The minimum atomic E-state index is 0. The van der Waals surface area contributed by atoms with Crippen LogP contribution in [0.25, 0.3) is 0 Å². The Morgan fingerprint density at radius 3 is 2.67 bits per heavy atom. The summed E-state index contributed by atoms with van der Waals surface area (Å²) in [6, 6.07) is 10.3. The summed E-state index contributed by atoms with van der Waals surface area (Å²) in [5.41, 5.74) is 0. The normalized spacial score (nSPS) is 7.67. The topological polar surface area (TPSA) is 9.23 Å². The van der Waals surface area contributed by atoms with Crippen molar-refractivity contribution in [2.75, 3.05) is 7.11 Å². The fourth-order valence-electron chi connectivity index (χ4n) is 0.504. The molecule has 0 aliphatic heterocycles. The molecule has 0 N–H and O–H groups in total. The third kappa shape index (κ3) is 2.38. The van der Waals surface area contributed by atoms with E-state index >= 15 is 0 Å². The molecule has 0 saturated carbocycles. The molecule has 0 heterocycles. The lowest BCUT2D eigenvalue weighted by Crippen LogP contribution is -1.78. The highest BCUT2D eigenvalue weighted by Crippen LogP contribution is 2.04. The number of halogens is 1. The van der Waals surface area contributed by atoms with E-state index in [1.54, 1.807) is 13.2 Å². The Morgan fingerprint density at radius 1 is 1.56 bits per heavy atom. The lowest BCUT2D eigenvalue weighted by molar-refractivity contribution is 0.414. The molecule has 1 aromatic carbocycles. The molecule has 0 aliphatic carbocycles. The average molecular weight is 144 g/mol. The molecule has 0 aromatic heterocycles. The lowest BCUT2D eigenvalue weighted by atomic mass is 10.3. The van der Waals surface area contributed by atoms with Crippen LogP contribution in [0.3, 0.4) is 0 Å². The van der Waals surface area contributed by atoms with Gasteiger partial charge in [-0.05, 0) is 18.2 Å². The molecular formula is C7H8ClO. The van der Waals surface area contributed by atoms with Crippen LogP contribution >= 0.6 is 12.4 Å². The van der Waals surface area contributed by atoms with Gasteiger partial charge in [0.15, 0.2) is 0 Å². The number of rotatable bonds is 1. The number of methoxy groups -OCH3 is 1. The maximum atomic E-state index is 4.88. The van der Waals surface area contributed by atoms with Crippen LogP contribution in [-0.4, -0.2) is 7.11 Å².